The molecule has 126 valence electrons. The molecule has 0 spiro atoms. The van der Waals surface area contributed by atoms with Crippen LogP contribution in [-0.2, 0) is 6.54 Å². The van der Waals surface area contributed by atoms with Gasteiger partial charge in [-0.05, 0) is 17.7 Å². The average molecular weight is 328 g/mol. The van der Waals surface area contributed by atoms with E-state index in [1.165, 1.54) is 6.07 Å². The number of benzene rings is 2. The first-order valence-corrected chi connectivity index (χ1v) is 7.55. The molecule has 7 nitrogen and oxygen atoms in total. The Hall–Kier alpha value is -3.09. The summed E-state index contributed by atoms with van der Waals surface area (Å²) in [5, 5.41) is 17.0. The predicted octanol–water partition coefficient (Wildman–Crippen LogP) is 2.34. The second-order valence-corrected chi connectivity index (χ2v) is 4.94. The monoisotopic (exact) mass is 328 g/mol. The first-order chi connectivity index (χ1) is 11.7. The third-order valence-electron chi connectivity index (χ3n) is 3.21. The number of para-hydroxylation sites is 1. The highest BCUT2D eigenvalue weighted by Crippen LogP contribution is 2.12. The lowest BCUT2D eigenvalue weighted by Gasteiger charge is -2.12. The molecule has 0 amide bonds. The minimum Gasteiger partial charge on any atom is -0.492 e. The zero-order valence-electron chi connectivity index (χ0n) is 13.4. The Morgan fingerprint density at radius 2 is 1.96 bits per heavy atom. The first kappa shape index (κ1) is 17.3. The molecule has 2 aromatic rings. The van der Waals surface area contributed by atoms with E-state index in [-0.39, 0.29) is 5.69 Å². The van der Waals surface area contributed by atoms with E-state index in [1.54, 1.807) is 19.2 Å². The van der Waals surface area contributed by atoms with Gasteiger partial charge in [0.2, 0.25) is 0 Å². The van der Waals surface area contributed by atoms with Crippen LogP contribution in [-0.4, -0.2) is 31.1 Å². The van der Waals surface area contributed by atoms with E-state index in [4.69, 9.17) is 4.74 Å². The highest BCUT2D eigenvalue weighted by atomic mass is 16.6. The second-order valence-electron chi connectivity index (χ2n) is 4.94. The number of aliphatic imine (C=N–C) groups is 1. The smallest absolute Gasteiger partial charge is 0.269 e. The van der Waals surface area contributed by atoms with Crippen LogP contribution in [0.3, 0.4) is 0 Å². The minimum atomic E-state index is -0.405. The molecule has 0 aliphatic heterocycles. The van der Waals surface area contributed by atoms with Crippen molar-refractivity contribution in [2.24, 2.45) is 4.99 Å². The number of rotatable bonds is 7. The van der Waals surface area contributed by atoms with Crippen LogP contribution in [0.5, 0.6) is 5.75 Å². The molecule has 7 heteroatoms. The number of nitro groups is 1. The van der Waals surface area contributed by atoms with Gasteiger partial charge in [0.05, 0.1) is 11.5 Å². The topological polar surface area (TPSA) is 88.8 Å². The molecule has 0 fully saturated rings. The molecule has 0 saturated carbocycles. The molecule has 2 rings (SSSR count). The quantitative estimate of drug-likeness (QED) is 0.268. The highest BCUT2D eigenvalue weighted by molar-refractivity contribution is 5.79. The van der Waals surface area contributed by atoms with Crippen molar-refractivity contribution in [3.8, 4) is 5.75 Å². The summed E-state index contributed by atoms with van der Waals surface area (Å²) in [6.45, 7) is 1.53. The molecule has 0 bridgehead atoms. The number of nitrogens with zero attached hydrogens (tertiary/aromatic N) is 2. The summed E-state index contributed by atoms with van der Waals surface area (Å²) in [6, 6.07) is 16.1. The van der Waals surface area contributed by atoms with Crippen LogP contribution in [0.1, 0.15) is 5.56 Å². The summed E-state index contributed by atoms with van der Waals surface area (Å²) in [4.78, 5) is 14.5. The van der Waals surface area contributed by atoms with Crippen LogP contribution in [0.2, 0.25) is 0 Å². The molecule has 0 unspecified atom stereocenters. The van der Waals surface area contributed by atoms with Gasteiger partial charge in [-0.1, -0.05) is 30.3 Å². The molecular weight excluding hydrogens is 308 g/mol. The van der Waals surface area contributed by atoms with Gasteiger partial charge in [0.1, 0.15) is 12.4 Å². The van der Waals surface area contributed by atoms with Crippen LogP contribution in [0, 0.1) is 10.1 Å². The minimum absolute atomic E-state index is 0.0773. The Morgan fingerprint density at radius 1 is 1.17 bits per heavy atom. The van der Waals surface area contributed by atoms with Gasteiger partial charge >= 0.3 is 0 Å². The van der Waals surface area contributed by atoms with E-state index < -0.39 is 4.92 Å². The normalized spacial score (nSPS) is 11.0. The zero-order valence-corrected chi connectivity index (χ0v) is 13.4. The van der Waals surface area contributed by atoms with Crippen LogP contribution in [0.25, 0.3) is 0 Å². The molecule has 2 aromatic carbocycles. The van der Waals surface area contributed by atoms with Crippen LogP contribution in [0.15, 0.2) is 59.6 Å². The number of guanidine groups is 1. The lowest BCUT2D eigenvalue weighted by molar-refractivity contribution is -0.384. The summed E-state index contributed by atoms with van der Waals surface area (Å²) in [7, 11) is 1.67. The van der Waals surface area contributed by atoms with Crippen molar-refractivity contribution in [3.05, 3.63) is 70.3 Å². The SMILES string of the molecule is CN=C(NCCOc1ccccc1)NCc1cccc([N+](=O)[O-])c1. The Bertz CT molecular complexity index is 689. The fourth-order valence-electron chi connectivity index (χ4n) is 2.04. The molecular formula is C17H20N4O3. The van der Waals surface area contributed by atoms with E-state index in [0.29, 0.717) is 25.7 Å². The zero-order chi connectivity index (χ0) is 17.2. The fourth-order valence-corrected chi connectivity index (χ4v) is 2.04. The molecule has 0 heterocycles. The molecule has 24 heavy (non-hydrogen) atoms. The predicted molar refractivity (Wildman–Crippen MR) is 93.2 cm³/mol. The number of ether oxygens (including phenoxy) is 1. The summed E-state index contributed by atoms with van der Waals surface area (Å²) < 4.78 is 5.59. The molecule has 2 N–H and O–H groups in total. The average Bonchev–Trinajstić information content (AvgIpc) is 2.62. The van der Waals surface area contributed by atoms with Gasteiger partial charge in [-0.25, -0.2) is 0 Å². The van der Waals surface area contributed by atoms with E-state index in [2.05, 4.69) is 15.6 Å². The molecule has 0 saturated heterocycles. The van der Waals surface area contributed by atoms with Gasteiger partial charge in [0.25, 0.3) is 5.69 Å². The molecule has 0 atom stereocenters. The van der Waals surface area contributed by atoms with Crippen molar-refractivity contribution in [1.82, 2.24) is 10.6 Å². The van der Waals surface area contributed by atoms with Gasteiger partial charge in [0.15, 0.2) is 5.96 Å². The summed E-state index contributed by atoms with van der Waals surface area (Å²) in [5.74, 6) is 1.43. The molecule has 0 aromatic heterocycles. The van der Waals surface area contributed by atoms with Crippen molar-refractivity contribution in [2.75, 3.05) is 20.2 Å². The molecule has 0 radical (unpaired) electrons. The maximum Gasteiger partial charge on any atom is 0.269 e. The van der Waals surface area contributed by atoms with E-state index in [0.717, 1.165) is 11.3 Å². The third-order valence-corrected chi connectivity index (χ3v) is 3.21. The third kappa shape index (κ3) is 5.60. The summed E-state index contributed by atoms with van der Waals surface area (Å²) >= 11 is 0. The standard InChI is InChI=1S/C17H20N4O3/c1-18-17(19-10-11-24-16-8-3-2-4-9-16)20-13-14-6-5-7-15(12-14)21(22)23/h2-9,12H,10-11,13H2,1H3,(H2,18,19,20). The van der Waals surface area contributed by atoms with Gasteiger partial charge in [-0.3, -0.25) is 15.1 Å². The lowest BCUT2D eigenvalue weighted by Crippen LogP contribution is -2.38. The molecule has 0 aliphatic rings. The van der Waals surface area contributed by atoms with Crippen molar-refractivity contribution >= 4 is 11.6 Å². The largest absolute Gasteiger partial charge is 0.492 e. The van der Waals surface area contributed by atoms with Crippen LogP contribution in [0.4, 0.5) is 5.69 Å². The van der Waals surface area contributed by atoms with Gasteiger partial charge < -0.3 is 15.4 Å². The van der Waals surface area contributed by atoms with Gasteiger partial charge in [0, 0.05) is 25.7 Å². The van der Waals surface area contributed by atoms with E-state index in [1.807, 2.05) is 36.4 Å². The fraction of sp³-hybridized carbons (Fsp3) is 0.235. The molecule has 0 aliphatic carbocycles. The van der Waals surface area contributed by atoms with Crippen LogP contribution < -0.4 is 15.4 Å². The Balaban J connectivity index is 1.74. The number of nitrogens with one attached hydrogen (secondary N) is 2. The van der Waals surface area contributed by atoms with E-state index >= 15 is 0 Å². The lowest BCUT2D eigenvalue weighted by atomic mass is 10.2. The first-order valence-electron chi connectivity index (χ1n) is 7.55. The number of nitro benzene ring substituents is 1. The Labute approximate surface area is 140 Å². The number of non-ortho nitro benzene ring substituents is 1. The van der Waals surface area contributed by atoms with Crippen molar-refractivity contribution in [2.45, 2.75) is 6.54 Å². The van der Waals surface area contributed by atoms with Crippen molar-refractivity contribution in [3.63, 3.8) is 0 Å². The summed E-state index contributed by atoms with van der Waals surface area (Å²) in [5.41, 5.74) is 0.890. The number of hydrogen-bond acceptors (Lipinski definition) is 4. The van der Waals surface area contributed by atoms with E-state index in [9.17, 15) is 10.1 Å². The van der Waals surface area contributed by atoms with Crippen molar-refractivity contribution in [1.29, 1.82) is 0 Å². The van der Waals surface area contributed by atoms with Crippen molar-refractivity contribution < 1.29 is 9.66 Å². The Kier molecular flexibility index (Phi) is 6.58. The number of hydrogen-bond donors (Lipinski definition) is 2. The maximum absolute atomic E-state index is 10.8. The second kappa shape index (κ2) is 9.14. The van der Waals surface area contributed by atoms with Gasteiger partial charge in [-0.2, -0.15) is 0 Å². The maximum atomic E-state index is 10.8. The van der Waals surface area contributed by atoms with Gasteiger partial charge in [-0.15, -0.1) is 0 Å². The highest BCUT2D eigenvalue weighted by Gasteiger charge is 2.06. The summed E-state index contributed by atoms with van der Waals surface area (Å²) in [6.07, 6.45) is 0. The Morgan fingerprint density at radius 3 is 2.67 bits per heavy atom. The van der Waals surface area contributed by atoms with Crippen LogP contribution >= 0.6 is 0 Å².